The van der Waals surface area contributed by atoms with Crippen LogP contribution in [0.5, 0.6) is 17.2 Å². The number of piperidine rings is 1. The molecular formula is C25H34N2O7. The number of carboxylic acid groups (broad SMARTS) is 2. The van der Waals surface area contributed by atoms with E-state index >= 15 is 0 Å². The summed E-state index contributed by atoms with van der Waals surface area (Å²) in [5, 5.41) is 14.8. The van der Waals surface area contributed by atoms with Crippen molar-refractivity contribution >= 4 is 11.9 Å². The molecule has 1 aliphatic heterocycles. The molecule has 2 aromatic rings. The van der Waals surface area contributed by atoms with Crippen LogP contribution in [-0.2, 0) is 22.7 Å². The smallest absolute Gasteiger partial charge is 0.414 e. The third-order valence-electron chi connectivity index (χ3n) is 5.82. The average Bonchev–Trinajstić information content (AvgIpc) is 2.85. The Morgan fingerprint density at radius 3 is 1.94 bits per heavy atom. The van der Waals surface area contributed by atoms with Crippen LogP contribution in [0.15, 0.2) is 42.5 Å². The molecular weight excluding hydrogens is 440 g/mol. The Morgan fingerprint density at radius 2 is 1.44 bits per heavy atom. The normalized spacial score (nSPS) is 14.1. The molecule has 0 amide bonds. The maximum Gasteiger partial charge on any atom is 0.414 e. The molecule has 1 heterocycles. The summed E-state index contributed by atoms with van der Waals surface area (Å²) in [5.74, 6) is -1.36. The fraction of sp³-hybridized carbons (Fsp3) is 0.440. The van der Waals surface area contributed by atoms with Crippen molar-refractivity contribution in [1.29, 1.82) is 0 Å². The number of hydrogen-bond donors (Lipinski definition) is 2. The molecule has 2 aromatic carbocycles. The summed E-state index contributed by atoms with van der Waals surface area (Å²) in [6.45, 7) is 4.04. The second kappa shape index (κ2) is 13.4. The van der Waals surface area contributed by atoms with Crippen molar-refractivity contribution < 1.29 is 34.0 Å². The molecule has 0 spiro atoms. The Hall–Kier alpha value is -3.30. The first kappa shape index (κ1) is 26.9. The summed E-state index contributed by atoms with van der Waals surface area (Å²) in [7, 11) is 7.26. The van der Waals surface area contributed by atoms with Crippen LogP contribution in [-0.4, -0.2) is 79.5 Å². The van der Waals surface area contributed by atoms with E-state index in [1.165, 1.54) is 18.4 Å². The van der Waals surface area contributed by atoms with Crippen LogP contribution in [0.2, 0.25) is 0 Å². The minimum Gasteiger partial charge on any atom is -0.496 e. The van der Waals surface area contributed by atoms with E-state index in [2.05, 4.69) is 47.2 Å². The molecule has 9 heteroatoms. The Balaban J connectivity index is 0.000000604. The fourth-order valence-corrected chi connectivity index (χ4v) is 3.98. The van der Waals surface area contributed by atoms with Gasteiger partial charge in [-0.05, 0) is 44.6 Å². The van der Waals surface area contributed by atoms with Crippen molar-refractivity contribution in [2.75, 3.05) is 41.5 Å². The molecule has 3 rings (SSSR count). The largest absolute Gasteiger partial charge is 0.496 e. The second-order valence-electron chi connectivity index (χ2n) is 8.04. The zero-order valence-electron chi connectivity index (χ0n) is 20.2. The van der Waals surface area contributed by atoms with E-state index in [-0.39, 0.29) is 0 Å². The van der Waals surface area contributed by atoms with Crippen molar-refractivity contribution in [2.24, 2.45) is 0 Å². The number of likely N-dealkylation sites (tertiary alicyclic amines) is 1. The van der Waals surface area contributed by atoms with Crippen LogP contribution in [0.3, 0.4) is 0 Å². The average molecular weight is 475 g/mol. The van der Waals surface area contributed by atoms with E-state index in [4.69, 9.17) is 34.0 Å². The zero-order chi connectivity index (χ0) is 25.1. The summed E-state index contributed by atoms with van der Waals surface area (Å²) in [5.41, 5.74) is 2.51. The fourth-order valence-electron chi connectivity index (χ4n) is 3.98. The van der Waals surface area contributed by atoms with Gasteiger partial charge in [-0.25, -0.2) is 9.59 Å². The number of nitrogens with zero attached hydrogens (tertiary/aromatic N) is 2. The summed E-state index contributed by atoms with van der Waals surface area (Å²) in [6.07, 6.45) is 2.36. The second-order valence-corrected chi connectivity index (χ2v) is 8.04. The number of carboxylic acids is 2. The van der Waals surface area contributed by atoms with Crippen LogP contribution in [0, 0.1) is 0 Å². The van der Waals surface area contributed by atoms with Gasteiger partial charge in [0.25, 0.3) is 0 Å². The number of hydrogen-bond acceptors (Lipinski definition) is 7. The molecule has 9 nitrogen and oxygen atoms in total. The molecule has 0 atom stereocenters. The predicted molar refractivity (Wildman–Crippen MR) is 128 cm³/mol. The molecule has 0 aliphatic carbocycles. The van der Waals surface area contributed by atoms with E-state index in [0.29, 0.717) is 11.8 Å². The molecule has 0 unspecified atom stereocenters. The van der Waals surface area contributed by atoms with Crippen molar-refractivity contribution in [3.05, 3.63) is 53.6 Å². The molecule has 2 N–H and O–H groups in total. The first-order chi connectivity index (χ1) is 16.3. The zero-order valence-corrected chi connectivity index (χ0v) is 20.2. The number of methoxy groups -OCH3 is 3. The lowest BCUT2D eigenvalue weighted by molar-refractivity contribution is -0.159. The van der Waals surface area contributed by atoms with Crippen LogP contribution in [0.1, 0.15) is 24.0 Å². The lowest BCUT2D eigenvalue weighted by Gasteiger charge is -2.37. The van der Waals surface area contributed by atoms with E-state index in [9.17, 15) is 0 Å². The van der Waals surface area contributed by atoms with E-state index < -0.39 is 11.9 Å². The minimum absolute atomic E-state index is 0.628. The van der Waals surface area contributed by atoms with Gasteiger partial charge in [0.15, 0.2) is 11.5 Å². The van der Waals surface area contributed by atoms with E-state index in [1.807, 2.05) is 12.1 Å². The topological polar surface area (TPSA) is 109 Å². The number of rotatable bonds is 8. The van der Waals surface area contributed by atoms with Gasteiger partial charge < -0.3 is 24.4 Å². The molecule has 1 aliphatic rings. The van der Waals surface area contributed by atoms with Gasteiger partial charge in [0, 0.05) is 30.8 Å². The summed E-state index contributed by atoms with van der Waals surface area (Å²) in [6, 6.07) is 15.3. The van der Waals surface area contributed by atoms with Gasteiger partial charge in [-0.2, -0.15) is 0 Å². The summed E-state index contributed by atoms with van der Waals surface area (Å²) >= 11 is 0. The van der Waals surface area contributed by atoms with Gasteiger partial charge in [0.1, 0.15) is 5.75 Å². The van der Waals surface area contributed by atoms with Crippen molar-refractivity contribution in [1.82, 2.24) is 9.80 Å². The van der Waals surface area contributed by atoms with Crippen LogP contribution >= 0.6 is 0 Å². The third-order valence-corrected chi connectivity index (χ3v) is 5.82. The molecule has 186 valence electrons. The molecule has 0 saturated carbocycles. The standard InChI is InChI=1S/C23H32N2O3.C2H2O4/c1-24(16-18-8-6-5-7-9-18)20-10-12-25(13-11-20)17-19-14-22(27-3)23(28-4)15-21(19)26-2;3-1(4)2(5)6/h5-9,14-15,20H,10-13,16-17H2,1-4H3;(H,3,4)(H,5,6). The molecule has 1 saturated heterocycles. The predicted octanol–water partition coefficient (Wildman–Crippen LogP) is 2.96. The van der Waals surface area contributed by atoms with E-state index in [1.54, 1.807) is 21.3 Å². The number of ether oxygens (including phenoxy) is 3. The molecule has 1 fully saturated rings. The molecule has 0 bridgehead atoms. The number of aliphatic carboxylic acids is 2. The SMILES string of the molecule is COc1cc(OC)c(OC)cc1CN1CCC(N(C)Cc2ccccc2)CC1.O=C(O)C(=O)O. The minimum atomic E-state index is -1.82. The van der Waals surface area contributed by atoms with Gasteiger partial charge in [-0.3, -0.25) is 9.80 Å². The van der Waals surface area contributed by atoms with Crippen LogP contribution in [0.25, 0.3) is 0 Å². The Labute approximate surface area is 200 Å². The molecule has 0 radical (unpaired) electrons. The van der Waals surface area contributed by atoms with E-state index in [0.717, 1.165) is 43.2 Å². The molecule has 34 heavy (non-hydrogen) atoms. The van der Waals surface area contributed by atoms with Crippen molar-refractivity contribution in [3.63, 3.8) is 0 Å². The van der Waals surface area contributed by atoms with Gasteiger partial charge in [0.2, 0.25) is 0 Å². The monoisotopic (exact) mass is 474 g/mol. The highest BCUT2D eigenvalue weighted by atomic mass is 16.5. The Kier molecular flexibility index (Phi) is 10.6. The quantitative estimate of drug-likeness (QED) is 0.558. The first-order valence-corrected chi connectivity index (χ1v) is 11.0. The lowest BCUT2D eigenvalue weighted by Crippen LogP contribution is -2.42. The van der Waals surface area contributed by atoms with Crippen molar-refractivity contribution in [3.8, 4) is 17.2 Å². The number of benzene rings is 2. The highest BCUT2D eigenvalue weighted by Crippen LogP contribution is 2.35. The van der Waals surface area contributed by atoms with Gasteiger partial charge >= 0.3 is 11.9 Å². The molecule has 0 aromatic heterocycles. The summed E-state index contributed by atoms with van der Waals surface area (Å²) in [4.78, 5) is 23.2. The Morgan fingerprint density at radius 1 is 0.912 bits per heavy atom. The Bertz CT molecular complexity index is 916. The first-order valence-electron chi connectivity index (χ1n) is 11.0. The van der Waals surface area contributed by atoms with Crippen LogP contribution in [0.4, 0.5) is 0 Å². The van der Waals surface area contributed by atoms with Crippen molar-refractivity contribution in [2.45, 2.75) is 32.0 Å². The van der Waals surface area contributed by atoms with Gasteiger partial charge in [-0.15, -0.1) is 0 Å². The van der Waals surface area contributed by atoms with Crippen LogP contribution < -0.4 is 14.2 Å². The summed E-state index contributed by atoms with van der Waals surface area (Å²) < 4.78 is 16.4. The van der Waals surface area contributed by atoms with Gasteiger partial charge in [-0.1, -0.05) is 30.3 Å². The van der Waals surface area contributed by atoms with Gasteiger partial charge in [0.05, 0.1) is 21.3 Å². The maximum atomic E-state index is 9.10. The maximum absolute atomic E-state index is 9.10. The highest BCUT2D eigenvalue weighted by molar-refractivity contribution is 6.27. The third kappa shape index (κ3) is 7.93. The lowest BCUT2D eigenvalue weighted by atomic mass is 10.0. The highest BCUT2D eigenvalue weighted by Gasteiger charge is 2.24. The number of carbonyl (C=O) groups is 2.